The molecule has 1 unspecified atom stereocenters. The molecule has 1 aliphatic rings. The number of hydrogen-bond donors (Lipinski definition) is 5. The molecule has 8 heteroatoms. The van der Waals surface area contributed by atoms with E-state index in [4.69, 9.17) is 11.1 Å². The average Bonchev–Trinajstić information content (AvgIpc) is 2.80. The van der Waals surface area contributed by atoms with Crippen LogP contribution < -0.4 is 21.7 Å². The molecule has 160 valence electrons. The number of amides is 3. The number of rotatable bonds is 5. The van der Waals surface area contributed by atoms with Gasteiger partial charge in [-0.1, -0.05) is 30.3 Å². The van der Waals surface area contributed by atoms with Crippen molar-refractivity contribution in [1.29, 1.82) is 5.41 Å². The highest BCUT2D eigenvalue weighted by Crippen LogP contribution is 2.29. The molecule has 1 aliphatic heterocycles. The Bertz CT molecular complexity index is 1220. The lowest BCUT2D eigenvalue weighted by molar-refractivity contribution is -0.113. The summed E-state index contributed by atoms with van der Waals surface area (Å²) in [6.07, 6.45) is 2.86. The summed E-state index contributed by atoms with van der Waals surface area (Å²) in [5, 5.41) is 15.8. The molecule has 1 aromatic heterocycles. The molecule has 32 heavy (non-hydrogen) atoms. The fourth-order valence-corrected chi connectivity index (χ4v) is 3.60. The zero-order valence-electron chi connectivity index (χ0n) is 17.3. The summed E-state index contributed by atoms with van der Waals surface area (Å²) in [5.74, 6) is -0.366. The Balaban J connectivity index is 1.64. The molecule has 4 rings (SSSR count). The van der Waals surface area contributed by atoms with Gasteiger partial charge in [-0.2, -0.15) is 0 Å². The lowest BCUT2D eigenvalue weighted by atomic mass is 9.93. The maximum atomic E-state index is 13.2. The van der Waals surface area contributed by atoms with Gasteiger partial charge in [-0.15, -0.1) is 0 Å². The first-order chi connectivity index (χ1) is 15.5. The van der Waals surface area contributed by atoms with Crippen molar-refractivity contribution in [3.8, 4) is 11.3 Å². The molecule has 0 spiro atoms. The zero-order valence-corrected chi connectivity index (χ0v) is 17.3. The topological polar surface area (TPSA) is 133 Å². The van der Waals surface area contributed by atoms with Gasteiger partial charge in [-0.25, -0.2) is 4.79 Å². The number of benzene rings is 2. The lowest BCUT2D eigenvalue weighted by Crippen LogP contribution is -2.45. The van der Waals surface area contributed by atoms with Crippen LogP contribution in [-0.2, 0) is 4.79 Å². The SMILES string of the molecule is CC1=C(C(=O)Nc2ccc(N)c(C=N)c2)C(c2ccc(-c3ccccn3)cc2)NC(=O)N1. The first kappa shape index (κ1) is 20.8. The number of nitrogens with one attached hydrogen (secondary N) is 4. The molecule has 3 aromatic rings. The standard InChI is InChI=1S/C24H22N6O2/c1-14-21(23(31)29-18-9-10-19(26)17(12-18)13-25)22(30-24(32)28-14)16-7-5-15(6-8-16)20-4-2-3-11-27-20/h2-13,22,25H,26H2,1H3,(H,29,31)(H2,28,30,32). The lowest BCUT2D eigenvalue weighted by Gasteiger charge is -2.29. The van der Waals surface area contributed by atoms with Crippen LogP contribution in [0.1, 0.15) is 24.1 Å². The first-order valence-corrected chi connectivity index (χ1v) is 9.97. The van der Waals surface area contributed by atoms with E-state index in [0.29, 0.717) is 28.2 Å². The van der Waals surface area contributed by atoms with Crippen LogP contribution in [0.2, 0.25) is 0 Å². The number of pyridine rings is 1. The number of nitrogens with zero attached hydrogens (tertiary/aromatic N) is 1. The zero-order chi connectivity index (χ0) is 22.7. The molecule has 0 saturated carbocycles. The molecular formula is C24H22N6O2. The second-order valence-electron chi connectivity index (χ2n) is 7.35. The molecule has 0 radical (unpaired) electrons. The van der Waals surface area contributed by atoms with E-state index in [0.717, 1.165) is 23.0 Å². The van der Waals surface area contributed by atoms with E-state index in [1.807, 2.05) is 42.5 Å². The Kier molecular flexibility index (Phi) is 5.67. The van der Waals surface area contributed by atoms with Crippen LogP contribution in [0.3, 0.4) is 0 Å². The minimum Gasteiger partial charge on any atom is -0.398 e. The van der Waals surface area contributed by atoms with Crippen LogP contribution >= 0.6 is 0 Å². The van der Waals surface area contributed by atoms with Gasteiger partial charge in [0.25, 0.3) is 5.91 Å². The summed E-state index contributed by atoms with van der Waals surface area (Å²) in [6.45, 7) is 1.69. The monoisotopic (exact) mass is 426 g/mol. The molecule has 0 saturated heterocycles. The Labute approximate surface area is 185 Å². The summed E-state index contributed by atoms with van der Waals surface area (Å²) in [7, 11) is 0. The molecule has 0 bridgehead atoms. The van der Waals surface area contributed by atoms with Crippen molar-refractivity contribution in [2.45, 2.75) is 13.0 Å². The van der Waals surface area contributed by atoms with Crippen molar-refractivity contribution in [2.24, 2.45) is 0 Å². The molecule has 0 fully saturated rings. The third kappa shape index (κ3) is 4.20. The molecule has 8 nitrogen and oxygen atoms in total. The van der Waals surface area contributed by atoms with Gasteiger partial charge in [0.2, 0.25) is 0 Å². The quantitative estimate of drug-likeness (QED) is 0.315. The molecule has 3 amide bonds. The van der Waals surface area contributed by atoms with Crippen molar-refractivity contribution < 1.29 is 9.59 Å². The number of nitrogens with two attached hydrogens (primary N) is 1. The van der Waals surface area contributed by atoms with Crippen LogP contribution in [0.5, 0.6) is 0 Å². The fraction of sp³-hybridized carbons (Fsp3) is 0.0833. The summed E-state index contributed by atoms with van der Waals surface area (Å²) in [4.78, 5) is 29.7. The Morgan fingerprint density at radius 1 is 1.16 bits per heavy atom. The third-order valence-electron chi connectivity index (χ3n) is 5.22. The molecule has 0 aliphatic carbocycles. The summed E-state index contributed by atoms with van der Waals surface area (Å²) < 4.78 is 0. The highest BCUT2D eigenvalue weighted by Gasteiger charge is 2.31. The van der Waals surface area contributed by atoms with Gasteiger partial charge in [0.1, 0.15) is 0 Å². The minimum absolute atomic E-state index is 0.366. The fourth-order valence-electron chi connectivity index (χ4n) is 3.60. The minimum atomic E-state index is -0.627. The number of urea groups is 1. The number of hydrogen-bond acceptors (Lipinski definition) is 5. The maximum absolute atomic E-state index is 13.2. The van der Waals surface area contributed by atoms with E-state index in [-0.39, 0.29) is 11.9 Å². The largest absolute Gasteiger partial charge is 0.398 e. The maximum Gasteiger partial charge on any atom is 0.319 e. The van der Waals surface area contributed by atoms with Crippen molar-refractivity contribution in [2.75, 3.05) is 11.1 Å². The normalized spacial score (nSPS) is 15.5. The predicted octanol–water partition coefficient (Wildman–Crippen LogP) is 3.60. The van der Waals surface area contributed by atoms with Gasteiger partial charge >= 0.3 is 6.03 Å². The molecule has 2 aromatic carbocycles. The van der Waals surface area contributed by atoms with Crippen molar-refractivity contribution in [3.05, 3.63) is 89.3 Å². The number of allylic oxidation sites excluding steroid dienone is 1. The van der Waals surface area contributed by atoms with Gasteiger partial charge in [-0.3, -0.25) is 9.78 Å². The molecular weight excluding hydrogens is 404 g/mol. The van der Waals surface area contributed by atoms with Crippen molar-refractivity contribution >= 4 is 29.5 Å². The highest BCUT2D eigenvalue weighted by atomic mass is 16.2. The van der Waals surface area contributed by atoms with Gasteiger partial charge in [-0.05, 0) is 42.8 Å². The van der Waals surface area contributed by atoms with Crippen molar-refractivity contribution in [1.82, 2.24) is 15.6 Å². The summed E-state index contributed by atoms with van der Waals surface area (Å²) in [5.41, 5.74) is 10.7. The van der Waals surface area contributed by atoms with E-state index in [1.54, 1.807) is 31.3 Å². The second-order valence-corrected chi connectivity index (χ2v) is 7.35. The summed E-state index contributed by atoms with van der Waals surface area (Å²) >= 11 is 0. The number of nitrogen functional groups attached to an aromatic ring is 1. The molecule has 2 heterocycles. The highest BCUT2D eigenvalue weighted by molar-refractivity contribution is 6.07. The smallest absolute Gasteiger partial charge is 0.319 e. The number of carbonyl (C=O) groups excluding carboxylic acids is 2. The van der Waals surface area contributed by atoms with E-state index in [2.05, 4.69) is 20.9 Å². The van der Waals surface area contributed by atoms with E-state index >= 15 is 0 Å². The Morgan fingerprint density at radius 2 is 1.94 bits per heavy atom. The van der Waals surface area contributed by atoms with Gasteiger partial charge in [0, 0.05) is 40.6 Å². The van der Waals surface area contributed by atoms with Crippen LogP contribution in [0.4, 0.5) is 16.2 Å². The predicted molar refractivity (Wildman–Crippen MR) is 124 cm³/mol. The second kappa shape index (κ2) is 8.73. The number of anilines is 2. The third-order valence-corrected chi connectivity index (χ3v) is 5.22. The van der Waals surface area contributed by atoms with Crippen LogP contribution in [0.25, 0.3) is 11.3 Å². The average molecular weight is 426 g/mol. The van der Waals surface area contributed by atoms with Gasteiger partial charge < -0.3 is 27.1 Å². The van der Waals surface area contributed by atoms with Crippen molar-refractivity contribution in [3.63, 3.8) is 0 Å². The number of carbonyl (C=O) groups is 2. The molecule has 1 atom stereocenters. The van der Waals surface area contributed by atoms with E-state index < -0.39 is 6.04 Å². The Morgan fingerprint density at radius 3 is 2.62 bits per heavy atom. The van der Waals surface area contributed by atoms with Crippen LogP contribution in [0.15, 0.2) is 78.1 Å². The number of aromatic nitrogens is 1. The summed E-state index contributed by atoms with van der Waals surface area (Å²) in [6, 6.07) is 17.2. The van der Waals surface area contributed by atoms with Crippen LogP contribution in [0, 0.1) is 5.41 Å². The van der Waals surface area contributed by atoms with Gasteiger partial charge in [0.15, 0.2) is 0 Å². The first-order valence-electron chi connectivity index (χ1n) is 9.97. The Hall–Kier alpha value is -4.46. The van der Waals surface area contributed by atoms with E-state index in [9.17, 15) is 9.59 Å². The van der Waals surface area contributed by atoms with Gasteiger partial charge in [0.05, 0.1) is 17.3 Å². The molecule has 6 N–H and O–H groups in total. The van der Waals surface area contributed by atoms with Crippen LogP contribution in [-0.4, -0.2) is 23.1 Å². The van der Waals surface area contributed by atoms with E-state index in [1.165, 1.54) is 0 Å².